The Morgan fingerprint density at radius 3 is 2.11 bits per heavy atom. The van der Waals surface area contributed by atoms with Crippen LogP contribution in [0.1, 0.15) is 25.3 Å². The van der Waals surface area contributed by atoms with Gasteiger partial charge in [0.2, 0.25) is 17.7 Å². The SMILES string of the molecule is CC(C(=O)NCc1ccc(Oc2ccc(F)cc2)cc1)N1C(=O)CCC1=O. The fourth-order valence-corrected chi connectivity index (χ4v) is 2.79. The van der Waals surface area contributed by atoms with Crippen LogP contribution in [-0.4, -0.2) is 28.7 Å². The zero-order valence-corrected chi connectivity index (χ0v) is 14.8. The second-order valence-electron chi connectivity index (χ2n) is 6.25. The normalized spacial score (nSPS) is 15.0. The molecule has 1 atom stereocenters. The quantitative estimate of drug-likeness (QED) is 0.794. The lowest BCUT2D eigenvalue weighted by Crippen LogP contribution is -2.47. The Morgan fingerprint density at radius 2 is 1.56 bits per heavy atom. The molecule has 1 saturated heterocycles. The van der Waals surface area contributed by atoms with Gasteiger partial charge >= 0.3 is 0 Å². The van der Waals surface area contributed by atoms with E-state index in [4.69, 9.17) is 4.74 Å². The molecule has 1 aliphatic heterocycles. The van der Waals surface area contributed by atoms with Crippen LogP contribution in [0, 0.1) is 5.82 Å². The number of rotatable bonds is 6. The van der Waals surface area contributed by atoms with Crippen LogP contribution in [0.25, 0.3) is 0 Å². The van der Waals surface area contributed by atoms with Gasteiger partial charge in [-0.25, -0.2) is 4.39 Å². The number of imide groups is 1. The summed E-state index contributed by atoms with van der Waals surface area (Å²) in [6.45, 7) is 1.80. The molecular formula is C20H19FN2O4. The highest BCUT2D eigenvalue weighted by molar-refractivity contribution is 6.05. The Bertz CT molecular complexity index is 833. The Balaban J connectivity index is 1.53. The fourth-order valence-electron chi connectivity index (χ4n) is 2.79. The van der Waals surface area contributed by atoms with E-state index < -0.39 is 6.04 Å². The maximum atomic E-state index is 12.9. The van der Waals surface area contributed by atoms with E-state index in [1.807, 2.05) is 0 Å². The summed E-state index contributed by atoms with van der Waals surface area (Å²) in [6, 6.07) is 11.9. The molecule has 140 valence electrons. The van der Waals surface area contributed by atoms with Crippen LogP contribution in [-0.2, 0) is 20.9 Å². The minimum absolute atomic E-state index is 0.159. The summed E-state index contributed by atoms with van der Waals surface area (Å²) in [5.41, 5.74) is 0.834. The number of amides is 3. The third-order valence-corrected chi connectivity index (χ3v) is 4.30. The number of carbonyl (C=O) groups is 3. The van der Waals surface area contributed by atoms with E-state index in [1.54, 1.807) is 24.3 Å². The van der Waals surface area contributed by atoms with Crippen LogP contribution < -0.4 is 10.1 Å². The lowest BCUT2D eigenvalue weighted by atomic mass is 10.2. The molecule has 0 radical (unpaired) electrons. The van der Waals surface area contributed by atoms with Crippen LogP contribution in [0.3, 0.4) is 0 Å². The number of hydrogen-bond donors (Lipinski definition) is 1. The van der Waals surface area contributed by atoms with Gasteiger partial charge in [0.15, 0.2) is 0 Å². The van der Waals surface area contributed by atoms with Crippen molar-refractivity contribution in [2.45, 2.75) is 32.4 Å². The van der Waals surface area contributed by atoms with E-state index in [2.05, 4.69) is 5.32 Å². The molecule has 3 amide bonds. The van der Waals surface area contributed by atoms with Gasteiger partial charge in [0.05, 0.1) is 0 Å². The van der Waals surface area contributed by atoms with Crippen molar-refractivity contribution in [3.05, 3.63) is 59.9 Å². The van der Waals surface area contributed by atoms with Crippen LogP contribution >= 0.6 is 0 Å². The number of halogens is 1. The maximum absolute atomic E-state index is 12.9. The number of benzene rings is 2. The van der Waals surface area contributed by atoms with Gasteiger partial charge in [-0.15, -0.1) is 0 Å². The van der Waals surface area contributed by atoms with Gasteiger partial charge in [-0.1, -0.05) is 12.1 Å². The molecule has 0 spiro atoms. The van der Waals surface area contributed by atoms with Gasteiger partial charge in [0, 0.05) is 19.4 Å². The zero-order chi connectivity index (χ0) is 19.4. The molecule has 6 nitrogen and oxygen atoms in total. The number of carbonyl (C=O) groups excluding carboxylic acids is 3. The van der Waals surface area contributed by atoms with Crippen molar-refractivity contribution in [2.24, 2.45) is 0 Å². The Hall–Kier alpha value is -3.22. The third kappa shape index (κ3) is 4.49. The van der Waals surface area contributed by atoms with Crippen molar-refractivity contribution >= 4 is 17.7 Å². The predicted molar refractivity (Wildman–Crippen MR) is 95.3 cm³/mol. The van der Waals surface area contributed by atoms with Gasteiger partial charge in [0.1, 0.15) is 23.4 Å². The first-order chi connectivity index (χ1) is 12.9. The Morgan fingerprint density at radius 1 is 1.04 bits per heavy atom. The minimum Gasteiger partial charge on any atom is -0.457 e. The van der Waals surface area contributed by atoms with Crippen molar-refractivity contribution < 1.29 is 23.5 Å². The molecule has 3 rings (SSSR count). The molecule has 1 heterocycles. The summed E-state index contributed by atoms with van der Waals surface area (Å²) in [6.07, 6.45) is 0.317. The summed E-state index contributed by atoms with van der Waals surface area (Å²) in [5, 5.41) is 2.72. The first kappa shape index (κ1) is 18.6. The van der Waals surface area contributed by atoms with Crippen molar-refractivity contribution in [2.75, 3.05) is 0 Å². The van der Waals surface area contributed by atoms with Gasteiger partial charge in [-0.3, -0.25) is 19.3 Å². The van der Waals surface area contributed by atoms with E-state index in [9.17, 15) is 18.8 Å². The molecule has 1 fully saturated rings. The first-order valence-corrected chi connectivity index (χ1v) is 8.59. The summed E-state index contributed by atoms with van der Waals surface area (Å²) in [4.78, 5) is 36.6. The number of ether oxygens (including phenoxy) is 1. The van der Waals surface area contributed by atoms with Crippen molar-refractivity contribution in [3.8, 4) is 11.5 Å². The monoisotopic (exact) mass is 370 g/mol. The van der Waals surface area contributed by atoms with Gasteiger partial charge in [-0.2, -0.15) is 0 Å². The molecule has 1 unspecified atom stereocenters. The average Bonchev–Trinajstić information content (AvgIpc) is 3.00. The van der Waals surface area contributed by atoms with Crippen molar-refractivity contribution in [1.29, 1.82) is 0 Å². The van der Waals surface area contributed by atoms with Crippen LogP contribution in [0.5, 0.6) is 11.5 Å². The summed E-state index contributed by atoms with van der Waals surface area (Å²) in [5.74, 6) is -0.246. The molecule has 0 bridgehead atoms. The predicted octanol–water partition coefficient (Wildman–Crippen LogP) is 2.77. The minimum atomic E-state index is -0.825. The summed E-state index contributed by atoms with van der Waals surface area (Å²) < 4.78 is 18.5. The zero-order valence-electron chi connectivity index (χ0n) is 14.8. The molecule has 2 aromatic carbocycles. The molecular weight excluding hydrogens is 351 g/mol. The number of hydrogen-bond acceptors (Lipinski definition) is 4. The van der Waals surface area contributed by atoms with Crippen LogP contribution in [0.15, 0.2) is 48.5 Å². The number of nitrogens with one attached hydrogen (secondary N) is 1. The Labute approximate surface area is 155 Å². The highest BCUT2D eigenvalue weighted by atomic mass is 19.1. The smallest absolute Gasteiger partial charge is 0.243 e. The lowest BCUT2D eigenvalue weighted by Gasteiger charge is -2.21. The molecule has 0 aliphatic carbocycles. The highest BCUT2D eigenvalue weighted by Gasteiger charge is 2.35. The second kappa shape index (κ2) is 7.99. The molecule has 0 aromatic heterocycles. The molecule has 2 aromatic rings. The Kier molecular flexibility index (Phi) is 5.49. The van der Waals surface area contributed by atoms with E-state index in [0.29, 0.717) is 11.5 Å². The maximum Gasteiger partial charge on any atom is 0.243 e. The average molecular weight is 370 g/mol. The van der Waals surface area contributed by atoms with Gasteiger partial charge in [0.25, 0.3) is 0 Å². The second-order valence-corrected chi connectivity index (χ2v) is 6.25. The fraction of sp³-hybridized carbons (Fsp3) is 0.250. The highest BCUT2D eigenvalue weighted by Crippen LogP contribution is 2.22. The summed E-state index contributed by atoms with van der Waals surface area (Å²) in [7, 11) is 0. The van der Waals surface area contributed by atoms with Gasteiger partial charge in [-0.05, 0) is 48.9 Å². The van der Waals surface area contributed by atoms with E-state index >= 15 is 0 Å². The van der Waals surface area contributed by atoms with Crippen molar-refractivity contribution in [1.82, 2.24) is 10.2 Å². The molecule has 27 heavy (non-hydrogen) atoms. The van der Waals surface area contributed by atoms with E-state index in [-0.39, 0.29) is 42.9 Å². The first-order valence-electron chi connectivity index (χ1n) is 8.59. The number of likely N-dealkylation sites (tertiary alicyclic amines) is 1. The van der Waals surface area contributed by atoms with Crippen LogP contribution in [0.4, 0.5) is 4.39 Å². The largest absolute Gasteiger partial charge is 0.457 e. The van der Waals surface area contributed by atoms with Crippen LogP contribution in [0.2, 0.25) is 0 Å². The van der Waals surface area contributed by atoms with E-state index in [1.165, 1.54) is 31.2 Å². The molecule has 1 N–H and O–H groups in total. The standard InChI is InChI=1S/C20H19FN2O4/c1-13(23-18(24)10-11-19(23)25)20(26)22-12-14-2-6-16(7-3-14)27-17-8-4-15(21)5-9-17/h2-9,13H,10-12H2,1H3,(H,22,26). The topological polar surface area (TPSA) is 75.7 Å². The third-order valence-electron chi connectivity index (χ3n) is 4.30. The molecule has 7 heteroatoms. The number of nitrogens with zero attached hydrogens (tertiary/aromatic N) is 1. The lowest BCUT2D eigenvalue weighted by molar-refractivity contribution is -0.146. The molecule has 1 aliphatic rings. The van der Waals surface area contributed by atoms with Crippen molar-refractivity contribution in [3.63, 3.8) is 0 Å². The van der Waals surface area contributed by atoms with Gasteiger partial charge < -0.3 is 10.1 Å². The summed E-state index contributed by atoms with van der Waals surface area (Å²) >= 11 is 0. The molecule has 0 saturated carbocycles. The van der Waals surface area contributed by atoms with E-state index in [0.717, 1.165) is 10.5 Å².